The Morgan fingerprint density at radius 1 is 1.42 bits per heavy atom. The smallest absolute Gasteiger partial charge is 0.239 e. The first kappa shape index (κ1) is 13.9. The molecule has 1 aliphatic heterocycles. The highest BCUT2D eigenvalue weighted by molar-refractivity contribution is 5.81. The summed E-state index contributed by atoms with van der Waals surface area (Å²) in [6.45, 7) is 6.19. The largest absolute Gasteiger partial charge is 0.341 e. The summed E-state index contributed by atoms with van der Waals surface area (Å²) in [4.78, 5) is 22.6. The van der Waals surface area contributed by atoms with Crippen molar-refractivity contribution in [2.45, 2.75) is 45.7 Å². The third-order valence-corrected chi connectivity index (χ3v) is 3.46. The van der Waals surface area contributed by atoms with E-state index in [1.165, 1.54) is 6.42 Å². The number of carbonyl (C=O) groups is 1. The number of nitrogens with zero attached hydrogens (tertiary/aromatic N) is 3. The van der Waals surface area contributed by atoms with Crippen LogP contribution in [0.4, 0.5) is 0 Å². The molecular weight excluding hydrogens is 240 g/mol. The van der Waals surface area contributed by atoms with Crippen molar-refractivity contribution < 1.29 is 4.79 Å². The normalized spacial score (nSPS) is 17.3. The number of carbonyl (C=O) groups excluding carboxylic acids is 1. The predicted molar refractivity (Wildman–Crippen MR) is 73.5 cm³/mol. The highest BCUT2D eigenvalue weighted by Crippen LogP contribution is 2.10. The lowest BCUT2D eigenvalue weighted by atomic mass is 10.1. The van der Waals surface area contributed by atoms with Crippen LogP contribution in [0, 0.1) is 6.92 Å². The van der Waals surface area contributed by atoms with E-state index in [1.807, 2.05) is 24.8 Å². The van der Waals surface area contributed by atoms with E-state index in [1.54, 1.807) is 6.20 Å². The van der Waals surface area contributed by atoms with E-state index >= 15 is 0 Å². The van der Waals surface area contributed by atoms with Gasteiger partial charge in [-0.2, -0.15) is 0 Å². The Labute approximate surface area is 114 Å². The van der Waals surface area contributed by atoms with Gasteiger partial charge in [0.1, 0.15) is 5.82 Å². The molecule has 5 nitrogen and oxygen atoms in total. The maximum atomic E-state index is 12.2. The Hall–Kier alpha value is -1.49. The van der Waals surface area contributed by atoms with Crippen molar-refractivity contribution in [2.24, 2.45) is 0 Å². The quantitative estimate of drug-likeness (QED) is 0.888. The summed E-state index contributed by atoms with van der Waals surface area (Å²) in [5.41, 5.74) is 0.922. The number of aryl methyl sites for hydroxylation is 1. The van der Waals surface area contributed by atoms with Crippen molar-refractivity contribution >= 4 is 5.91 Å². The van der Waals surface area contributed by atoms with Crippen LogP contribution in [0.15, 0.2) is 12.3 Å². The topological polar surface area (TPSA) is 58.1 Å². The molecular formula is C14H22N4O. The number of likely N-dealkylation sites (tertiary alicyclic amines) is 1. The molecule has 104 valence electrons. The van der Waals surface area contributed by atoms with E-state index in [0.29, 0.717) is 6.54 Å². The number of hydrogen-bond acceptors (Lipinski definition) is 4. The van der Waals surface area contributed by atoms with Crippen LogP contribution >= 0.6 is 0 Å². The van der Waals surface area contributed by atoms with Crippen LogP contribution in [-0.2, 0) is 11.3 Å². The molecule has 0 aliphatic carbocycles. The Morgan fingerprint density at radius 2 is 2.16 bits per heavy atom. The molecule has 0 radical (unpaired) electrons. The lowest BCUT2D eigenvalue weighted by molar-refractivity contribution is -0.133. The molecule has 0 bridgehead atoms. The molecule has 2 heterocycles. The minimum atomic E-state index is -0.159. The van der Waals surface area contributed by atoms with Gasteiger partial charge in [0.25, 0.3) is 0 Å². The Morgan fingerprint density at radius 3 is 2.84 bits per heavy atom. The van der Waals surface area contributed by atoms with Crippen molar-refractivity contribution in [1.82, 2.24) is 20.2 Å². The number of hydrogen-bond donors (Lipinski definition) is 1. The number of nitrogens with one attached hydrogen (secondary N) is 1. The average molecular weight is 262 g/mol. The van der Waals surface area contributed by atoms with E-state index in [0.717, 1.165) is 37.4 Å². The lowest BCUT2D eigenvalue weighted by Crippen LogP contribution is -2.46. The molecule has 1 saturated heterocycles. The number of rotatable bonds is 4. The van der Waals surface area contributed by atoms with Gasteiger partial charge in [-0.1, -0.05) is 0 Å². The zero-order valence-corrected chi connectivity index (χ0v) is 11.7. The van der Waals surface area contributed by atoms with Crippen LogP contribution in [0.25, 0.3) is 0 Å². The molecule has 1 amide bonds. The van der Waals surface area contributed by atoms with Crippen molar-refractivity contribution in [3.63, 3.8) is 0 Å². The second-order valence-corrected chi connectivity index (χ2v) is 5.08. The van der Waals surface area contributed by atoms with Gasteiger partial charge in [0.15, 0.2) is 0 Å². The second kappa shape index (κ2) is 6.61. The van der Waals surface area contributed by atoms with Crippen LogP contribution in [0.1, 0.15) is 37.7 Å². The Kier molecular flexibility index (Phi) is 4.85. The molecule has 0 spiro atoms. The first-order chi connectivity index (χ1) is 9.16. The van der Waals surface area contributed by atoms with Crippen molar-refractivity contribution in [3.8, 4) is 0 Å². The summed E-state index contributed by atoms with van der Waals surface area (Å²) in [5.74, 6) is 0.958. The zero-order valence-electron chi connectivity index (χ0n) is 11.7. The standard InChI is InChI=1S/C14H22N4O/c1-11(14(19)18-8-4-3-5-9-18)16-10-13-6-7-15-12(2)17-13/h6-7,11,16H,3-5,8-10H2,1-2H3. The summed E-state index contributed by atoms with van der Waals surface area (Å²) in [7, 11) is 0. The van der Waals surface area contributed by atoms with Gasteiger partial charge in [0, 0.05) is 25.8 Å². The SMILES string of the molecule is Cc1nccc(CNC(C)C(=O)N2CCCCC2)n1. The van der Waals surface area contributed by atoms with E-state index < -0.39 is 0 Å². The monoisotopic (exact) mass is 262 g/mol. The van der Waals surface area contributed by atoms with Gasteiger partial charge in [-0.05, 0) is 39.2 Å². The summed E-state index contributed by atoms with van der Waals surface area (Å²) in [6.07, 6.45) is 5.25. The van der Waals surface area contributed by atoms with Gasteiger partial charge in [-0.3, -0.25) is 4.79 Å². The third-order valence-electron chi connectivity index (χ3n) is 3.46. The zero-order chi connectivity index (χ0) is 13.7. The molecule has 1 aromatic heterocycles. The molecule has 1 N–H and O–H groups in total. The van der Waals surface area contributed by atoms with Crippen LogP contribution in [-0.4, -0.2) is 39.9 Å². The van der Waals surface area contributed by atoms with Gasteiger partial charge in [0.2, 0.25) is 5.91 Å². The summed E-state index contributed by atoms with van der Waals surface area (Å²) in [5, 5.41) is 3.24. The molecule has 1 unspecified atom stereocenters. The Bertz CT molecular complexity index is 429. The van der Waals surface area contributed by atoms with Crippen molar-refractivity contribution in [1.29, 1.82) is 0 Å². The fraction of sp³-hybridized carbons (Fsp3) is 0.643. The summed E-state index contributed by atoms with van der Waals surface area (Å²) in [6, 6.07) is 1.71. The molecule has 1 atom stereocenters. The minimum absolute atomic E-state index is 0.159. The molecule has 1 fully saturated rings. The van der Waals surface area contributed by atoms with Gasteiger partial charge in [-0.25, -0.2) is 9.97 Å². The molecule has 2 rings (SSSR count). The number of aromatic nitrogens is 2. The van der Waals surface area contributed by atoms with Crippen molar-refractivity contribution in [2.75, 3.05) is 13.1 Å². The van der Waals surface area contributed by atoms with E-state index in [9.17, 15) is 4.79 Å². The van der Waals surface area contributed by atoms with E-state index in [2.05, 4.69) is 15.3 Å². The summed E-state index contributed by atoms with van der Waals surface area (Å²) < 4.78 is 0. The Balaban J connectivity index is 1.83. The lowest BCUT2D eigenvalue weighted by Gasteiger charge is -2.29. The summed E-state index contributed by atoms with van der Waals surface area (Å²) >= 11 is 0. The number of amides is 1. The maximum absolute atomic E-state index is 12.2. The molecule has 5 heteroatoms. The van der Waals surface area contributed by atoms with Gasteiger partial charge in [-0.15, -0.1) is 0 Å². The molecule has 19 heavy (non-hydrogen) atoms. The molecule has 1 aromatic rings. The van der Waals surface area contributed by atoms with Crippen molar-refractivity contribution in [3.05, 3.63) is 23.8 Å². The number of piperidine rings is 1. The van der Waals surface area contributed by atoms with Crippen LogP contribution < -0.4 is 5.32 Å². The fourth-order valence-corrected chi connectivity index (χ4v) is 2.34. The average Bonchev–Trinajstić information content (AvgIpc) is 2.45. The van der Waals surface area contributed by atoms with Crippen LogP contribution in [0.2, 0.25) is 0 Å². The molecule has 1 aliphatic rings. The van der Waals surface area contributed by atoms with Crippen LogP contribution in [0.3, 0.4) is 0 Å². The first-order valence-corrected chi connectivity index (χ1v) is 6.97. The van der Waals surface area contributed by atoms with E-state index in [4.69, 9.17) is 0 Å². The van der Waals surface area contributed by atoms with E-state index in [-0.39, 0.29) is 11.9 Å². The molecule has 0 saturated carbocycles. The highest BCUT2D eigenvalue weighted by Gasteiger charge is 2.21. The predicted octanol–water partition coefficient (Wildman–Crippen LogP) is 1.28. The highest BCUT2D eigenvalue weighted by atomic mass is 16.2. The van der Waals surface area contributed by atoms with Gasteiger partial charge >= 0.3 is 0 Å². The minimum Gasteiger partial charge on any atom is -0.341 e. The third kappa shape index (κ3) is 3.99. The maximum Gasteiger partial charge on any atom is 0.239 e. The van der Waals surface area contributed by atoms with Crippen LogP contribution in [0.5, 0.6) is 0 Å². The second-order valence-electron chi connectivity index (χ2n) is 5.08. The first-order valence-electron chi connectivity index (χ1n) is 6.97. The molecule has 0 aromatic carbocycles. The fourth-order valence-electron chi connectivity index (χ4n) is 2.34. The van der Waals surface area contributed by atoms with Gasteiger partial charge in [0.05, 0.1) is 11.7 Å². The van der Waals surface area contributed by atoms with Gasteiger partial charge < -0.3 is 10.2 Å².